The summed E-state index contributed by atoms with van der Waals surface area (Å²) in [6.45, 7) is 2.30. The zero-order valence-corrected chi connectivity index (χ0v) is 6.34. The fourth-order valence-corrected chi connectivity index (χ4v) is 1.94. The van der Waals surface area contributed by atoms with E-state index in [4.69, 9.17) is 5.73 Å². The second-order valence-electron chi connectivity index (χ2n) is 3.66. The molecule has 2 aliphatic rings. The van der Waals surface area contributed by atoms with Crippen molar-refractivity contribution in [2.45, 2.75) is 25.3 Å². The highest BCUT2D eigenvalue weighted by Crippen LogP contribution is 2.39. The van der Waals surface area contributed by atoms with Crippen LogP contribution < -0.4 is 11.1 Å². The van der Waals surface area contributed by atoms with Crippen molar-refractivity contribution in [3.8, 4) is 0 Å². The molecule has 1 aliphatic carbocycles. The van der Waals surface area contributed by atoms with Crippen molar-refractivity contribution in [3.63, 3.8) is 0 Å². The molecule has 0 aromatic rings. The fourth-order valence-electron chi connectivity index (χ4n) is 1.94. The lowest BCUT2D eigenvalue weighted by Crippen LogP contribution is -2.45. The molecule has 0 aromatic heterocycles. The van der Waals surface area contributed by atoms with Gasteiger partial charge in [-0.3, -0.25) is 0 Å². The molecule has 0 amide bonds. The zero-order valence-electron chi connectivity index (χ0n) is 6.34. The second kappa shape index (κ2) is 2.51. The quantitative estimate of drug-likeness (QED) is 0.551. The van der Waals surface area contributed by atoms with E-state index in [2.05, 4.69) is 5.32 Å². The van der Waals surface area contributed by atoms with E-state index in [1.807, 2.05) is 0 Å². The summed E-state index contributed by atoms with van der Waals surface area (Å²) >= 11 is 0. The van der Waals surface area contributed by atoms with Gasteiger partial charge in [0.15, 0.2) is 0 Å². The number of hydrogen-bond acceptors (Lipinski definition) is 2. The summed E-state index contributed by atoms with van der Waals surface area (Å²) in [5.74, 6) is 1.77. The first-order valence-corrected chi connectivity index (χ1v) is 4.34. The molecule has 2 rings (SSSR count). The maximum absolute atomic E-state index is 5.98. The molecule has 0 spiro atoms. The first kappa shape index (κ1) is 6.62. The average Bonchev–Trinajstić information content (AvgIpc) is 2.71. The van der Waals surface area contributed by atoms with Gasteiger partial charge in [-0.1, -0.05) is 0 Å². The summed E-state index contributed by atoms with van der Waals surface area (Å²) in [6.07, 6.45) is 4.04. The van der Waals surface area contributed by atoms with Gasteiger partial charge in [-0.25, -0.2) is 0 Å². The van der Waals surface area contributed by atoms with Crippen molar-refractivity contribution in [1.82, 2.24) is 5.32 Å². The number of nitrogens with two attached hydrogens (primary N) is 1. The Labute approximate surface area is 62.2 Å². The molecule has 0 radical (unpaired) electrons. The van der Waals surface area contributed by atoms with Gasteiger partial charge in [-0.05, 0) is 44.2 Å². The van der Waals surface area contributed by atoms with Crippen LogP contribution in [0.25, 0.3) is 0 Å². The molecule has 0 aromatic carbocycles. The highest BCUT2D eigenvalue weighted by molar-refractivity contribution is 4.91. The Kier molecular flexibility index (Phi) is 1.66. The van der Waals surface area contributed by atoms with Crippen molar-refractivity contribution in [1.29, 1.82) is 0 Å². The molecular weight excluding hydrogens is 124 g/mol. The van der Waals surface area contributed by atoms with Crippen LogP contribution in [0.3, 0.4) is 0 Å². The van der Waals surface area contributed by atoms with Gasteiger partial charge in [0.2, 0.25) is 0 Å². The van der Waals surface area contributed by atoms with Crippen LogP contribution in [0.5, 0.6) is 0 Å². The van der Waals surface area contributed by atoms with Crippen molar-refractivity contribution in [3.05, 3.63) is 0 Å². The number of hydrogen-bond donors (Lipinski definition) is 2. The minimum Gasteiger partial charge on any atom is -0.327 e. The van der Waals surface area contributed by atoms with Crippen molar-refractivity contribution in [2.75, 3.05) is 13.1 Å². The van der Waals surface area contributed by atoms with Crippen LogP contribution in [0, 0.1) is 11.8 Å². The van der Waals surface area contributed by atoms with Crippen molar-refractivity contribution >= 4 is 0 Å². The zero-order chi connectivity index (χ0) is 6.97. The highest BCUT2D eigenvalue weighted by Gasteiger charge is 2.35. The molecule has 2 fully saturated rings. The predicted molar refractivity (Wildman–Crippen MR) is 41.7 cm³/mol. The molecule has 1 saturated heterocycles. The summed E-state index contributed by atoms with van der Waals surface area (Å²) in [6, 6.07) is 0.494. The van der Waals surface area contributed by atoms with E-state index < -0.39 is 0 Å². The van der Waals surface area contributed by atoms with Gasteiger partial charge in [0.05, 0.1) is 0 Å². The van der Waals surface area contributed by atoms with Crippen LogP contribution in [0.15, 0.2) is 0 Å². The maximum atomic E-state index is 5.98. The summed E-state index contributed by atoms with van der Waals surface area (Å²) < 4.78 is 0. The lowest BCUT2D eigenvalue weighted by Gasteiger charge is -2.29. The van der Waals surface area contributed by atoms with Gasteiger partial charge in [0, 0.05) is 6.04 Å². The molecular formula is C8H16N2. The van der Waals surface area contributed by atoms with E-state index in [-0.39, 0.29) is 0 Å². The van der Waals surface area contributed by atoms with E-state index in [1.54, 1.807) is 0 Å². The lowest BCUT2D eigenvalue weighted by atomic mass is 9.90. The number of rotatable bonds is 1. The van der Waals surface area contributed by atoms with Gasteiger partial charge >= 0.3 is 0 Å². The van der Waals surface area contributed by atoms with Crippen LogP contribution >= 0.6 is 0 Å². The van der Waals surface area contributed by atoms with Crippen LogP contribution in [-0.4, -0.2) is 19.1 Å². The predicted octanol–water partition coefficient (Wildman–Crippen LogP) is 0.333. The monoisotopic (exact) mass is 140 g/mol. The van der Waals surface area contributed by atoms with Crippen molar-refractivity contribution < 1.29 is 0 Å². The molecule has 10 heavy (non-hydrogen) atoms. The van der Waals surface area contributed by atoms with Gasteiger partial charge in [-0.2, -0.15) is 0 Å². The summed E-state index contributed by atoms with van der Waals surface area (Å²) in [7, 11) is 0. The Morgan fingerprint density at radius 3 is 2.60 bits per heavy atom. The van der Waals surface area contributed by atoms with E-state index in [0.29, 0.717) is 6.04 Å². The van der Waals surface area contributed by atoms with Crippen LogP contribution in [0.1, 0.15) is 19.3 Å². The fraction of sp³-hybridized carbons (Fsp3) is 1.00. The molecule has 0 unspecified atom stereocenters. The Balaban J connectivity index is 1.90. The van der Waals surface area contributed by atoms with E-state index >= 15 is 0 Å². The summed E-state index contributed by atoms with van der Waals surface area (Å²) in [4.78, 5) is 0. The third-order valence-electron chi connectivity index (χ3n) is 2.81. The molecule has 2 atom stereocenters. The maximum Gasteiger partial charge on any atom is 0.00940 e. The van der Waals surface area contributed by atoms with E-state index in [1.165, 1.54) is 25.8 Å². The third kappa shape index (κ3) is 1.18. The number of piperidine rings is 1. The first-order valence-electron chi connectivity index (χ1n) is 4.34. The molecule has 1 heterocycles. The number of nitrogens with one attached hydrogen (secondary N) is 1. The Morgan fingerprint density at radius 2 is 2.00 bits per heavy atom. The average molecular weight is 140 g/mol. The van der Waals surface area contributed by atoms with Crippen LogP contribution in [0.4, 0.5) is 0 Å². The van der Waals surface area contributed by atoms with Gasteiger partial charge in [0.1, 0.15) is 0 Å². The minimum absolute atomic E-state index is 0.494. The smallest absolute Gasteiger partial charge is 0.00940 e. The van der Waals surface area contributed by atoms with Crippen LogP contribution in [-0.2, 0) is 0 Å². The SMILES string of the molecule is N[C@@H]1CCNC[C@H]1C1CC1. The summed E-state index contributed by atoms with van der Waals surface area (Å²) in [5.41, 5.74) is 5.98. The third-order valence-corrected chi connectivity index (χ3v) is 2.81. The lowest BCUT2D eigenvalue weighted by molar-refractivity contribution is 0.294. The van der Waals surface area contributed by atoms with Gasteiger partial charge in [0.25, 0.3) is 0 Å². The van der Waals surface area contributed by atoms with Crippen LogP contribution in [0.2, 0.25) is 0 Å². The summed E-state index contributed by atoms with van der Waals surface area (Å²) in [5, 5.41) is 3.41. The van der Waals surface area contributed by atoms with Gasteiger partial charge in [-0.15, -0.1) is 0 Å². The van der Waals surface area contributed by atoms with Gasteiger partial charge < -0.3 is 11.1 Å². The van der Waals surface area contributed by atoms with Crippen molar-refractivity contribution in [2.24, 2.45) is 17.6 Å². The first-order chi connectivity index (χ1) is 4.88. The molecule has 0 bridgehead atoms. The molecule has 2 nitrogen and oxygen atoms in total. The molecule has 1 saturated carbocycles. The van der Waals surface area contributed by atoms with E-state index in [9.17, 15) is 0 Å². The Morgan fingerprint density at radius 1 is 1.20 bits per heavy atom. The normalized spacial score (nSPS) is 41.7. The largest absolute Gasteiger partial charge is 0.327 e. The topological polar surface area (TPSA) is 38.0 Å². The highest BCUT2D eigenvalue weighted by atomic mass is 14.9. The van der Waals surface area contributed by atoms with E-state index in [0.717, 1.165) is 18.4 Å². The molecule has 2 heteroatoms. The Hall–Kier alpha value is -0.0800. The standard InChI is InChI=1S/C8H16N2/c9-8-3-4-10-5-7(8)6-1-2-6/h6-8,10H,1-5,9H2/t7-,8+/m0/s1. The Bertz CT molecular complexity index is 120. The second-order valence-corrected chi connectivity index (χ2v) is 3.66. The molecule has 3 N–H and O–H groups in total. The minimum atomic E-state index is 0.494. The molecule has 58 valence electrons. The molecule has 1 aliphatic heterocycles.